The SMILES string of the molecule is CN(C(=O)CF)c1nccs1. The lowest BCUT2D eigenvalue weighted by molar-refractivity contribution is -0.119. The van der Waals surface area contributed by atoms with Crippen molar-refractivity contribution in [3.05, 3.63) is 11.6 Å². The van der Waals surface area contributed by atoms with Gasteiger partial charge < -0.3 is 0 Å². The Balaban J connectivity index is 2.70. The van der Waals surface area contributed by atoms with E-state index in [-0.39, 0.29) is 0 Å². The van der Waals surface area contributed by atoms with Crippen molar-refractivity contribution < 1.29 is 9.18 Å². The van der Waals surface area contributed by atoms with Gasteiger partial charge in [0.1, 0.15) is 0 Å². The fourth-order valence-corrected chi connectivity index (χ4v) is 1.20. The lowest BCUT2D eigenvalue weighted by atomic mass is 10.6. The van der Waals surface area contributed by atoms with Gasteiger partial charge in [0.25, 0.3) is 5.91 Å². The number of rotatable bonds is 2. The van der Waals surface area contributed by atoms with Crippen molar-refractivity contribution >= 4 is 22.4 Å². The summed E-state index contributed by atoms with van der Waals surface area (Å²) in [5.74, 6) is -0.569. The summed E-state index contributed by atoms with van der Waals surface area (Å²) < 4.78 is 11.8. The highest BCUT2D eigenvalue weighted by molar-refractivity contribution is 7.13. The van der Waals surface area contributed by atoms with Crippen molar-refractivity contribution in [2.45, 2.75) is 0 Å². The van der Waals surface area contributed by atoms with E-state index in [4.69, 9.17) is 0 Å². The molecule has 60 valence electrons. The molecule has 1 aromatic rings. The predicted octanol–water partition coefficient (Wildman–Crippen LogP) is 1.08. The number of thiazole rings is 1. The smallest absolute Gasteiger partial charge is 0.259 e. The summed E-state index contributed by atoms with van der Waals surface area (Å²) in [5.41, 5.74) is 0. The number of alkyl halides is 1. The maximum Gasteiger partial charge on any atom is 0.259 e. The van der Waals surface area contributed by atoms with Crippen LogP contribution in [0.3, 0.4) is 0 Å². The van der Waals surface area contributed by atoms with Crippen LogP contribution in [0.25, 0.3) is 0 Å². The molecule has 0 aliphatic heterocycles. The van der Waals surface area contributed by atoms with Gasteiger partial charge in [0.15, 0.2) is 11.8 Å². The molecule has 0 atom stereocenters. The zero-order chi connectivity index (χ0) is 8.27. The van der Waals surface area contributed by atoms with Gasteiger partial charge in [-0.1, -0.05) is 0 Å². The van der Waals surface area contributed by atoms with E-state index in [0.29, 0.717) is 5.13 Å². The molecule has 0 N–H and O–H groups in total. The summed E-state index contributed by atoms with van der Waals surface area (Å²) in [4.78, 5) is 15.8. The minimum absolute atomic E-state index is 0.521. The molecule has 0 aromatic carbocycles. The Morgan fingerprint density at radius 1 is 1.91 bits per heavy atom. The molecule has 0 spiro atoms. The van der Waals surface area contributed by atoms with Crippen LogP contribution in [0, 0.1) is 0 Å². The zero-order valence-corrected chi connectivity index (χ0v) is 6.77. The number of carbonyl (C=O) groups is 1. The maximum atomic E-state index is 11.8. The van der Waals surface area contributed by atoms with Crippen molar-refractivity contribution in [1.29, 1.82) is 0 Å². The lowest BCUT2D eigenvalue weighted by Gasteiger charge is -2.09. The van der Waals surface area contributed by atoms with Gasteiger partial charge in [0.05, 0.1) is 0 Å². The summed E-state index contributed by atoms with van der Waals surface area (Å²) in [7, 11) is 1.50. The number of anilines is 1. The summed E-state index contributed by atoms with van der Waals surface area (Å²) in [6.07, 6.45) is 1.57. The first kappa shape index (κ1) is 8.13. The number of aromatic nitrogens is 1. The standard InChI is InChI=1S/C6H7FN2OS/c1-9(5(10)4-7)6-8-2-3-11-6/h2-3H,4H2,1H3. The average molecular weight is 174 g/mol. The Labute approximate surface area is 67.5 Å². The van der Waals surface area contributed by atoms with Gasteiger partial charge in [0, 0.05) is 18.6 Å². The molecule has 1 amide bonds. The second kappa shape index (κ2) is 3.43. The highest BCUT2D eigenvalue weighted by Crippen LogP contribution is 2.15. The molecule has 0 saturated carbocycles. The Hall–Kier alpha value is -0.970. The van der Waals surface area contributed by atoms with E-state index in [2.05, 4.69) is 4.98 Å². The fourth-order valence-electron chi connectivity index (χ4n) is 0.578. The van der Waals surface area contributed by atoms with Crippen molar-refractivity contribution in [2.24, 2.45) is 0 Å². The third kappa shape index (κ3) is 1.74. The van der Waals surface area contributed by atoms with Gasteiger partial charge in [-0.25, -0.2) is 9.37 Å². The molecule has 0 aliphatic rings. The van der Waals surface area contributed by atoms with E-state index >= 15 is 0 Å². The van der Waals surface area contributed by atoms with Crippen LogP contribution in [0.1, 0.15) is 0 Å². The van der Waals surface area contributed by atoms with Crippen LogP contribution in [-0.2, 0) is 4.79 Å². The second-order valence-corrected chi connectivity index (χ2v) is 2.77. The third-order valence-corrected chi connectivity index (χ3v) is 2.04. The van der Waals surface area contributed by atoms with Gasteiger partial charge in [-0.3, -0.25) is 9.69 Å². The van der Waals surface area contributed by atoms with E-state index in [0.717, 1.165) is 0 Å². The molecule has 0 bridgehead atoms. The minimum atomic E-state index is -0.976. The fraction of sp³-hybridized carbons (Fsp3) is 0.333. The number of hydrogen-bond donors (Lipinski definition) is 0. The summed E-state index contributed by atoms with van der Waals surface area (Å²) in [5, 5.41) is 2.25. The molecule has 1 aromatic heterocycles. The van der Waals surface area contributed by atoms with Crippen molar-refractivity contribution in [3.8, 4) is 0 Å². The summed E-state index contributed by atoms with van der Waals surface area (Å²) >= 11 is 1.30. The molecule has 5 heteroatoms. The number of carbonyl (C=O) groups excluding carboxylic acids is 1. The molecule has 0 radical (unpaired) electrons. The van der Waals surface area contributed by atoms with Gasteiger partial charge >= 0.3 is 0 Å². The molecule has 3 nitrogen and oxygen atoms in total. The van der Waals surface area contributed by atoms with Gasteiger partial charge in [-0.15, -0.1) is 11.3 Å². The molecule has 11 heavy (non-hydrogen) atoms. The average Bonchev–Trinajstić information content (AvgIpc) is 2.53. The minimum Gasteiger partial charge on any atom is -0.289 e. The second-order valence-electron chi connectivity index (χ2n) is 1.90. The van der Waals surface area contributed by atoms with Crippen LogP contribution < -0.4 is 4.90 Å². The molecular formula is C6H7FN2OS. The van der Waals surface area contributed by atoms with Crippen LogP contribution in [0.5, 0.6) is 0 Å². The molecule has 0 unspecified atom stereocenters. The Bertz CT molecular complexity index is 237. The number of hydrogen-bond acceptors (Lipinski definition) is 3. The quantitative estimate of drug-likeness (QED) is 0.672. The van der Waals surface area contributed by atoms with Crippen LogP contribution >= 0.6 is 11.3 Å². The van der Waals surface area contributed by atoms with E-state index in [9.17, 15) is 9.18 Å². The Morgan fingerprint density at radius 2 is 2.64 bits per heavy atom. The highest BCUT2D eigenvalue weighted by atomic mass is 32.1. The van der Waals surface area contributed by atoms with Gasteiger partial charge in [-0.05, 0) is 0 Å². The summed E-state index contributed by atoms with van der Waals surface area (Å²) in [6.45, 7) is -0.976. The highest BCUT2D eigenvalue weighted by Gasteiger charge is 2.11. The summed E-state index contributed by atoms with van der Waals surface area (Å²) in [6, 6.07) is 0. The zero-order valence-electron chi connectivity index (χ0n) is 5.95. The normalized spacial score (nSPS) is 9.64. The van der Waals surface area contributed by atoms with E-state index in [1.807, 2.05) is 0 Å². The lowest BCUT2D eigenvalue weighted by Crippen LogP contribution is -2.27. The van der Waals surface area contributed by atoms with E-state index in [1.165, 1.54) is 23.3 Å². The topological polar surface area (TPSA) is 33.2 Å². The number of halogens is 1. The van der Waals surface area contributed by atoms with Crippen LogP contribution in [0.2, 0.25) is 0 Å². The number of nitrogens with zero attached hydrogens (tertiary/aromatic N) is 2. The monoisotopic (exact) mass is 174 g/mol. The first-order valence-electron chi connectivity index (χ1n) is 2.97. The van der Waals surface area contributed by atoms with Gasteiger partial charge in [0.2, 0.25) is 0 Å². The van der Waals surface area contributed by atoms with Crippen molar-refractivity contribution in [3.63, 3.8) is 0 Å². The Kier molecular flexibility index (Phi) is 2.53. The third-order valence-electron chi connectivity index (χ3n) is 1.19. The van der Waals surface area contributed by atoms with Crippen molar-refractivity contribution in [2.75, 3.05) is 18.6 Å². The van der Waals surface area contributed by atoms with Crippen LogP contribution in [-0.4, -0.2) is 24.6 Å². The molecule has 1 heterocycles. The maximum absolute atomic E-state index is 11.8. The molecule has 0 aliphatic carbocycles. The predicted molar refractivity (Wildman–Crippen MR) is 41.5 cm³/mol. The van der Waals surface area contributed by atoms with Crippen LogP contribution in [0.4, 0.5) is 9.52 Å². The van der Waals surface area contributed by atoms with Crippen molar-refractivity contribution in [1.82, 2.24) is 4.98 Å². The number of amides is 1. The largest absolute Gasteiger partial charge is 0.289 e. The first-order chi connectivity index (χ1) is 5.25. The van der Waals surface area contributed by atoms with Crippen LogP contribution in [0.15, 0.2) is 11.6 Å². The molecule has 1 rings (SSSR count). The first-order valence-corrected chi connectivity index (χ1v) is 3.85. The van der Waals surface area contributed by atoms with Gasteiger partial charge in [-0.2, -0.15) is 0 Å². The molecule has 0 fully saturated rings. The van der Waals surface area contributed by atoms with E-state index in [1.54, 1.807) is 11.6 Å². The molecular weight excluding hydrogens is 167 g/mol. The Morgan fingerprint density at radius 3 is 3.09 bits per heavy atom. The molecule has 0 saturated heterocycles. The van der Waals surface area contributed by atoms with E-state index < -0.39 is 12.6 Å².